The predicted octanol–water partition coefficient (Wildman–Crippen LogP) is 3.95. The third kappa shape index (κ3) is 5.38. The molecule has 2 heterocycles. The second-order valence-electron chi connectivity index (χ2n) is 7.18. The molecule has 1 amide bonds. The summed E-state index contributed by atoms with van der Waals surface area (Å²) in [5.41, 5.74) is 2.75. The van der Waals surface area contributed by atoms with Crippen LogP contribution in [0.4, 0.5) is 0 Å². The van der Waals surface area contributed by atoms with E-state index in [1.54, 1.807) is 18.0 Å². The topological polar surface area (TPSA) is 68.9 Å². The maximum Gasteiger partial charge on any atom is 0.232 e. The maximum atomic E-state index is 12.8. The summed E-state index contributed by atoms with van der Waals surface area (Å²) >= 11 is 1.68. The van der Waals surface area contributed by atoms with E-state index in [4.69, 9.17) is 0 Å². The second-order valence-corrected chi connectivity index (χ2v) is 9.52. The fourth-order valence-corrected chi connectivity index (χ4v) is 4.81. The Morgan fingerprint density at radius 1 is 1.03 bits per heavy atom. The Morgan fingerprint density at radius 3 is 2.44 bits per heavy atom. The van der Waals surface area contributed by atoms with Gasteiger partial charge < -0.3 is 9.88 Å². The van der Waals surface area contributed by atoms with Gasteiger partial charge in [-0.2, -0.15) is 5.10 Å². The summed E-state index contributed by atoms with van der Waals surface area (Å²) in [7, 11) is -1.36. The first-order chi connectivity index (χ1) is 15.6. The van der Waals surface area contributed by atoms with Crippen molar-refractivity contribution in [1.29, 1.82) is 0 Å². The third-order valence-corrected chi connectivity index (χ3v) is 6.88. The zero-order chi connectivity index (χ0) is 22.3. The van der Waals surface area contributed by atoms with E-state index in [-0.39, 0.29) is 17.4 Å². The number of hydrogen-bond donors (Lipinski definition) is 1. The number of hydrogen-bond acceptors (Lipinski definition) is 4. The highest BCUT2D eigenvalue weighted by Crippen LogP contribution is 2.21. The third-order valence-electron chi connectivity index (χ3n) is 4.92. The molecule has 0 radical (unpaired) electrons. The van der Waals surface area contributed by atoms with Crippen LogP contribution >= 0.6 is 11.8 Å². The lowest BCUT2D eigenvalue weighted by Gasteiger charge is -2.11. The summed E-state index contributed by atoms with van der Waals surface area (Å²) in [4.78, 5) is 13.5. The Labute approximate surface area is 194 Å². The normalized spacial score (nSPS) is 11.9. The summed E-state index contributed by atoms with van der Waals surface area (Å²) in [6, 6.07) is 21.7. The zero-order valence-electron chi connectivity index (χ0n) is 17.7. The first-order valence-electron chi connectivity index (χ1n) is 10.1. The molecule has 32 heavy (non-hydrogen) atoms. The van der Waals surface area contributed by atoms with E-state index < -0.39 is 10.8 Å². The van der Waals surface area contributed by atoms with Gasteiger partial charge in [-0.15, -0.1) is 11.8 Å². The molecule has 164 valence electrons. The van der Waals surface area contributed by atoms with E-state index >= 15 is 0 Å². The van der Waals surface area contributed by atoms with Crippen LogP contribution < -0.4 is 5.32 Å². The van der Waals surface area contributed by atoms with Crippen molar-refractivity contribution in [2.24, 2.45) is 0 Å². The lowest BCUT2D eigenvalue weighted by Crippen LogP contribution is -2.28. The van der Waals surface area contributed by atoms with Crippen molar-refractivity contribution in [2.75, 3.05) is 12.0 Å². The number of rotatable bonds is 9. The van der Waals surface area contributed by atoms with Gasteiger partial charge in [0.15, 0.2) is 0 Å². The van der Waals surface area contributed by atoms with Crippen molar-refractivity contribution in [3.63, 3.8) is 0 Å². The van der Waals surface area contributed by atoms with Crippen LogP contribution in [0.3, 0.4) is 0 Å². The molecule has 2 aromatic heterocycles. The van der Waals surface area contributed by atoms with Crippen LogP contribution in [-0.4, -0.2) is 36.5 Å². The summed E-state index contributed by atoms with van der Waals surface area (Å²) in [5.74, 6) is 0.792. The summed E-state index contributed by atoms with van der Waals surface area (Å²) in [6.45, 7) is 0.422. The quantitative estimate of drug-likeness (QED) is 0.381. The fraction of sp³-hybridized carbons (Fsp3) is 0.167. The van der Waals surface area contributed by atoms with Crippen molar-refractivity contribution >= 4 is 28.5 Å². The molecule has 1 atom stereocenters. The van der Waals surface area contributed by atoms with Gasteiger partial charge in [0.25, 0.3) is 0 Å². The Morgan fingerprint density at radius 2 is 1.75 bits per heavy atom. The van der Waals surface area contributed by atoms with E-state index in [9.17, 15) is 9.00 Å². The highest BCUT2D eigenvalue weighted by atomic mass is 32.2. The number of para-hydroxylation sites is 1. The van der Waals surface area contributed by atoms with E-state index in [0.29, 0.717) is 6.54 Å². The van der Waals surface area contributed by atoms with Gasteiger partial charge in [-0.05, 0) is 48.2 Å². The lowest BCUT2D eigenvalue weighted by molar-refractivity contribution is -0.118. The number of aromatic nitrogens is 3. The summed E-state index contributed by atoms with van der Waals surface area (Å²) < 4.78 is 16.6. The highest BCUT2D eigenvalue weighted by Gasteiger charge is 2.17. The summed E-state index contributed by atoms with van der Waals surface area (Å²) in [6.07, 6.45) is 7.61. The molecule has 0 bridgehead atoms. The van der Waals surface area contributed by atoms with Crippen LogP contribution in [0.1, 0.15) is 11.1 Å². The van der Waals surface area contributed by atoms with Crippen LogP contribution in [0.15, 0.2) is 90.2 Å². The first-order valence-corrected chi connectivity index (χ1v) is 12.9. The van der Waals surface area contributed by atoms with Gasteiger partial charge in [-0.3, -0.25) is 9.00 Å². The molecule has 0 aliphatic heterocycles. The number of nitrogens with one attached hydrogen (secondary N) is 1. The van der Waals surface area contributed by atoms with Gasteiger partial charge in [0.1, 0.15) is 11.6 Å². The van der Waals surface area contributed by atoms with Crippen molar-refractivity contribution in [3.05, 3.63) is 96.4 Å². The Kier molecular flexibility index (Phi) is 7.24. The largest absolute Gasteiger partial charge is 0.351 e. The number of benzene rings is 2. The monoisotopic (exact) mass is 464 g/mol. The van der Waals surface area contributed by atoms with Crippen LogP contribution in [-0.2, 0) is 27.9 Å². The first kappa shape index (κ1) is 22.1. The van der Waals surface area contributed by atoms with Gasteiger partial charge >= 0.3 is 0 Å². The number of carbonyl (C=O) groups excluding carboxylic acids is 1. The van der Waals surface area contributed by atoms with Gasteiger partial charge in [0, 0.05) is 40.2 Å². The molecule has 0 saturated carbocycles. The van der Waals surface area contributed by atoms with Crippen molar-refractivity contribution in [2.45, 2.75) is 17.2 Å². The van der Waals surface area contributed by atoms with Gasteiger partial charge in [-0.1, -0.05) is 30.3 Å². The Balaban J connectivity index is 1.42. The molecule has 2 aromatic carbocycles. The molecule has 0 fully saturated rings. The Bertz CT molecular complexity index is 1190. The van der Waals surface area contributed by atoms with Crippen LogP contribution in [0.2, 0.25) is 0 Å². The summed E-state index contributed by atoms with van der Waals surface area (Å²) in [5, 5.41) is 7.39. The van der Waals surface area contributed by atoms with E-state index in [0.717, 1.165) is 22.6 Å². The highest BCUT2D eigenvalue weighted by molar-refractivity contribution is 7.98. The molecular formula is C24H24N4O2S2. The molecule has 0 saturated heterocycles. The number of amides is 1. The van der Waals surface area contributed by atoms with E-state index in [2.05, 4.69) is 10.4 Å². The minimum absolute atomic E-state index is 0.0511. The molecule has 0 unspecified atom stereocenters. The second kappa shape index (κ2) is 10.5. The van der Waals surface area contributed by atoms with Crippen LogP contribution in [0.25, 0.3) is 11.5 Å². The van der Waals surface area contributed by atoms with E-state index in [1.165, 1.54) is 4.90 Å². The molecule has 0 spiro atoms. The molecule has 8 heteroatoms. The number of nitrogens with zero attached hydrogens (tertiary/aromatic N) is 3. The SMILES string of the molecule is CSc1ccc(CNC(=O)C[S@@](=O)Cc2cnn(-c3ccccc3)c2-n2cccc2)cc1. The van der Waals surface area contributed by atoms with Crippen molar-refractivity contribution in [3.8, 4) is 11.5 Å². The Hall–Kier alpha value is -3.10. The van der Waals surface area contributed by atoms with Crippen molar-refractivity contribution in [1.82, 2.24) is 19.7 Å². The van der Waals surface area contributed by atoms with Crippen LogP contribution in [0.5, 0.6) is 0 Å². The molecule has 1 N–H and O–H groups in total. The predicted molar refractivity (Wildman–Crippen MR) is 130 cm³/mol. The number of carbonyl (C=O) groups is 1. The van der Waals surface area contributed by atoms with Crippen molar-refractivity contribution < 1.29 is 9.00 Å². The number of thioether (sulfide) groups is 1. The fourth-order valence-electron chi connectivity index (χ4n) is 3.35. The lowest BCUT2D eigenvalue weighted by atomic mass is 10.2. The van der Waals surface area contributed by atoms with Gasteiger partial charge in [0.2, 0.25) is 5.91 Å². The average Bonchev–Trinajstić information content (AvgIpc) is 3.48. The van der Waals surface area contributed by atoms with E-state index in [1.807, 2.05) is 94.6 Å². The molecule has 6 nitrogen and oxygen atoms in total. The molecule has 4 rings (SSSR count). The molecule has 0 aliphatic rings. The van der Waals surface area contributed by atoms with Gasteiger partial charge in [-0.25, -0.2) is 4.68 Å². The molecule has 0 aliphatic carbocycles. The standard InChI is InChI=1S/C24H24N4O2S2/c1-31-22-11-9-19(10-12-22)15-25-23(29)18-32(30)17-20-16-26-28(21-7-3-2-4-8-21)24(20)27-13-5-6-14-27/h2-14,16H,15,17-18H2,1H3,(H,25,29)/t32-/m0/s1. The smallest absolute Gasteiger partial charge is 0.232 e. The maximum absolute atomic E-state index is 12.8. The van der Waals surface area contributed by atoms with Gasteiger partial charge in [0.05, 0.1) is 17.6 Å². The average molecular weight is 465 g/mol. The minimum atomic E-state index is -1.36. The van der Waals surface area contributed by atoms with Crippen LogP contribution in [0, 0.1) is 0 Å². The molecule has 4 aromatic rings. The zero-order valence-corrected chi connectivity index (χ0v) is 19.3. The molecular weight excluding hydrogens is 440 g/mol. The minimum Gasteiger partial charge on any atom is -0.351 e.